The predicted octanol–water partition coefficient (Wildman–Crippen LogP) is 2.87. The van der Waals surface area contributed by atoms with Gasteiger partial charge in [-0.25, -0.2) is 26.3 Å². The number of aromatic amines is 1. The van der Waals surface area contributed by atoms with Crippen LogP contribution in [0.25, 0.3) is 21.7 Å². The zero-order chi connectivity index (χ0) is 25.3. The van der Waals surface area contributed by atoms with Crippen molar-refractivity contribution in [1.29, 1.82) is 0 Å². The number of ketones is 1. The lowest BCUT2D eigenvalue weighted by atomic mass is 10.1. The topological polar surface area (TPSA) is 111 Å². The summed E-state index contributed by atoms with van der Waals surface area (Å²) in [6, 6.07) is 10.7. The van der Waals surface area contributed by atoms with E-state index in [-0.39, 0.29) is 12.2 Å². The van der Waals surface area contributed by atoms with Gasteiger partial charge in [0.05, 0.1) is 11.1 Å². The molecule has 1 N–H and O–H groups in total. The fourth-order valence-electron chi connectivity index (χ4n) is 3.78. The number of ether oxygens (including phenoxy) is 1. The molecule has 0 unspecified atom stereocenters. The molecule has 0 saturated carbocycles. The normalized spacial score (nSPS) is 12.0. The van der Waals surface area contributed by atoms with E-state index < -0.39 is 52.3 Å². The highest BCUT2D eigenvalue weighted by molar-refractivity contribution is 7.91. The first kappa shape index (κ1) is 24.5. The molecule has 0 fully saturated rings. The highest BCUT2D eigenvalue weighted by atomic mass is 32.2. The summed E-state index contributed by atoms with van der Waals surface area (Å²) in [6.45, 7) is -1.45. The van der Waals surface area contributed by atoms with Gasteiger partial charge in [0.1, 0.15) is 18.9 Å². The lowest BCUT2D eigenvalue weighted by Gasteiger charge is -2.10. The Hall–Kier alpha value is -3.67. The number of rotatable bonds is 9. The van der Waals surface area contributed by atoms with Crippen LogP contribution < -0.4 is 10.3 Å². The standard InChI is InChI=1S/C23H20F3N3O5S/c1-35(32,33)12-15(30)10-29-23(31)17-5-3-2-4-16(17)20(28-29)8-14-6-13-7-18(24)21(9-19(13)27-14)34-11-22(25)26/h2-7,9,22,27H,8,10-12H2,1H3. The minimum Gasteiger partial charge on any atom is -0.484 e. The summed E-state index contributed by atoms with van der Waals surface area (Å²) in [5.74, 6) is -2.49. The smallest absolute Gasteiger partial charge is 0.275 e. The molecule has 0 aliphatic rings. The third-order valence-electron chi connectivity index (χ3n) is 5.15. The molecule has 35 heavy (non-hydrogen) atoms. The Morgan fingerprint density at radius 1 is 1.17 bits per heavy atom. The van der Waals surface area contributed by atoms with Crippen LogP contribution in [0.1, 0.15) is 11.4 Å². The van der Waals surface area contributed by atoms with Crippen LogP contribution in [0.4, 0.5) is 13.2 Å². The molecule has 12 heteroatoms. The first-order valence-electron chi connectivity index (χ1n) is 10.4. The van der Waals surface area contributed by atoms with E-state index >= 15 is 0 Å². The van der Waals surface area contributed by atoms with E-state index in [9.17, 15) is 31.2 Å². The van der Waals surface area contributed by atoms with Gasteiger partial charge in [-0.05, 0) is 18.2 Å². The summed E-state index contributed by atoms with van der Waals surface area (Å²) in [5, 5.41) is 5.62. The second kappa shape index (κ2) is 9.53. The first-order valence-corrected chi connectivity index (χ1v) is 12.5. The van der Waals surface area contributed by atoms with Crippen LogP contribution in [0.2, 0.25) is 0 Å². The predicted molar refractivity (Wildman–Crippen MR) is 123 cm³/mol. The maximum atomic E-state index is 14.2. The van der Waals surface area contributed by atoms with Gasteiger partial charge < -0.3 is 9.72 Å². The van der Waals surface area contributed by atoms with Crippen molar-refractivity contribution >= 4 is 37.3 Å². The Morgan fingerprint density at radius 3 is 2.57 bits per heavy atom. The SMILES string of the molecule is CS(=O)(=O)CC(=O)Cn1nc(Cc2cc3cc(F)c(OCC(F)F)cc3[nH]2)c2ccccc2c1=O. The molecular weight excluding hydrogens is 487 g/mol. The van der Waals surface area contributed by atoms with Crippen molar-refractivity contribution in [2.24, 2.45) is 0 Å². The highest BCUT2D eigenvalue weighted by Gasteiger charge is 2.17. The van der Waals surface area contributed by atoms with E-state index in [0.717, 1.165) is 17.0 Å². The average Bonchev–Trinajstić information content (AvgIpc) is 3.14. The molecule has 8 nitrogen and oxygen atoms in total. The number of fused-ring (bicyclic) bond motifs is 2. The first-order chi connectivity index (χ1) is 16.5. The quantitative estimate of drug-likeness (QED) is 0.373. The van der Waals surface area contributed by atoms with Gasteiger partial charge in [0.2, 0.25) is 0 Å². The van der Waals surface area contributed by atoms with Crippen molar-refractivity contribution in [2.45, 2.75) is 19.4 Å². The van der Waals surface area contributed by atoms with Crippen molar-refractivity contribution in [1.82, 2.24) is 14.8 Å². The number of Topliss-reactive ketones (excluding diaryl/α,β-unsaturated/α-hetero) is 1. The van der Waals surface area contributed by atoms with Gasteiger partial charge >= 0.3 is 0 Å². The molecule has 0 amide bonds. The number of sulfone groups is 1. The Labute approximate surface area is 197 Å². The molecule has 0 spiro atoms. The molecule has 4 aromatic rings. The number of H-pyrrole nitrogens is 1. The number of hydrogen-bond acceptors (Lipinski definition) is 6. The van der Waals surface area contributed by atoms with Crippen molar-refractivity contribution in [3.8, 4) is 5.75 Å². The van der Waals surface area contributed by atoms with Crippen LogP contribution >= 0.6 is 0 Å². The lowest BCUT2D eigenvalue weighted by molar-refractivity contribution is -0.117. The molecule has 0 radical (unpaired) electrons. The van der Waals surface area contributed by atoms with E-state index in [4.69, 9.17) is 4.74 Å². The minimum atomic E-state index is -3.57. The van der Waals surface area contributed by atoms with Crippen LogP contribution in [0.5, 0.6) is 5.75 Å². The molecule has 2 aromatic heterocycles. The molecular formula is C23H20F3N3O5S. The second-order valence-corrected chi connectivity index (χ2v) is 10.2. The zero-order valence-corrected chi connectivity index (χ0v) is 19.2. The van der Waals surface area contributed by atoms with E-state index in [1.165, 1.54) is 6.07 Å². The van der Waals surface area contributed by atoms with Gasteiger partial charge in [0, 0.05) is 40.7 Å². The van der Waals surface area contributed by atoms with Gasteiger partial charge in [-0.15, -0.1) is 0 Å². The van der Waals surface area contributed by atoms with Crippen molar-refractivity contribution < 1.29 is 31.1 Å². The Kier molecular flexibility index (Phi) is 6.66. The molecule has 4 rings (SSSR count). The van der Waals surface area contributed by atoms with Crippen LogP contribution in [0, 0.1) is 5.82 Å². The minimum absolute atomic E-state index is 0.157. The largest absolute Gasteiger partial charge is 0.484 e. The second-order valence-electron chi connectivity index (χ2n) is 8.11. The number of aromatic nitrogens is 3. The molecule has 2 aromatic carbocycles. The van der Waals surface area contributed by atoms with E-state index in [0.29, 0.717) is 33.1 Å². The Balaban J connectivity index is 1.71. The van der Waals surface area contributed by atoms with Crippen molar-refractivity contribution in [3.63, 3.8) is 0 Å². The van der Waals surface area contributed by atoms with Crippen LogP contribution in [0.3, 0.4) is 0 Å². The summed E-state index contributed by atoms with van der Waals surface area (Å²) < 4.78 is 67.7. The fraction of sp³-hybridized carbons (Fsp3) is 0.261. The van der Waals surface area contributed by atoms with Crippen LogP contribution in [-0.2, 0) is 27.6 Å². The third kappa shape index (κ3) is 5.70. The van der Waals surface area contributed by atoms with E-state index in [2.05, 4.69) is 10.1 Å². The fourth-order valence-corrected chi connectivity index (χ4v) is 4.46. The molecule has 0 atom stereocenters. The average molecular weight is 507 g/mol. The Bertz CT molecular complexity index is 1600. The van der Waals surface area contributed by atoms with Gasteiger partial charge in [-0.3, -0.25) is 9.59 Å². The summed E-state index contributed by atoms with van der Waals surface area (Å²) in [7, 11) is -3.57. The van der Waals surface area contributed by atoms with Gasteiger partial charge in [-0.2, -0.15) is 5.10 Å². The van der Waals surface area contributed by atoms with Crippen molar-refractivity contribution in [2.75, 3.05) is 18.6 Å². The molecule has 2 heterocycles. The maximum Gasteiger partial charge on any atom is 0.275 e. The monoisotopic (exact) mass is 507 g/mol. The molecule has 0 saturated heterocycles. The molecule has 184 valence electrons. The zero-order valence-electron chi connectivity index (χ0n) is 18.4. The third-order valence-corrected chi connectivity index (χ3v) is 5.99. The summed E-state index contributed by atoms with van der Waals surface area (Å²) >= 11 is 0. The van der Waals surface area contributed by atoms with Gasteiger partial charge in [0.15, 0.2) is 27.2 Å². The summed E-state index contributed by atoms with van der Waals surface area (Å²) in [4.78, 5) is 28.1. The number of nitrogens with zero attached hydrogens (tertiary/aromatic N) is 2. The summed E-state index contributed by atoms with van der Waals surface area (Å²) in [5.41, 5.74) is 0.918. The van der Waals surface area contributed by atoms with Gasteiger partial charge in [-0.1, -0.05) is 18.2 Å². The highest BCUT2D eigenvalue weighted by Crippen LogP contribution is 2.27. The molecule has 0 aliphatic heterocycles. The molecule has 0 bridgehead atoms. The van der Waals surface area contributed by atoms with Crippen LogP contribution in [-0.4, -0.2) is 54.0 Å². The summed E-state index contributed by atoms with van der Waals surface area (Å²) in [6.07, 6.45) is -1.66. The van der Waals surface area contributed by atoms with Crippen molar-refractivity contribution in [3.05, 3.63) is 70.0 Å². The van der Waals surface area contributed by atoms with Crippen LogP contribution in [0.15, 0.2) is 47.3 Å². The maximum absolute atomic E-state index is 14.2. The number of carbonyl (C=O) groups is 1. The van der Waals surface area contributed by atoms with Gasteiger partial charge in [0.25, 0.3) is 12.0 Å². The number of hydrogen-bond donors (Lipinski definition) is 1. The van der Waals surface area contributed by atoms with E-state index in [1.807, 2.05) is 0 Å². The number of alkyl halides is 2. The Morgan fingerprint density at radius 2 is 1.89 bits per heavy atom. The van der Waals surface area contributed by atoms with E-state index in [1.54, 1.807) is 30.3 Å². The number of carbonyl (C=O) groups excluding carboxylic acids is 1. The number of benzene rings is 2. The number of halogens is 3. The molecule has 0 aliphatic carbocycles. The lowest BCUT2D eigenvalue weighted by Crippen LogP contribution is -2.30. The number of nitrogens with one attached hydrogen (secondary N) is 1.